The van der Waals surface area contributed by atoms with Crippen molar-refractivity contribution < 1.29 is 9.72 Å². The molecule has 3 N–H and O–H groups in total. The maximum Gasteiger partial charge on any atom is 0.293 e. The van der Waals surface area contributed by atoms with Gasteiger partial charge in [-0.15, -0.1) is 0 Å². The number of carbonyl (C=O) groups is 1. The van der Waals surface area contributed by atoms with Crippen molar-refractivity contribution in [2.24, 2.45) is 11.7 Å². The van der Waals surface area contributed by atoms with Gasteiger partial charge in [0.1, 0.15) is 5.69 Å². The van der Waals surface area contributed by atoms with Gasteiger partial charge in [-0.05, 0) is 30.5 Å². The highest BCUT2D eigenvalue weighted by atomic mass is 16.6. The molecule has 3 rings (SSSR count). The number of nitrogens with one attached hydrogen (secondary N) is 1. The van der Waals surface area contributed by atoms with Crippen molar-refractivity contribution in [1.82, 2.24) is 4.90 Å². The predicted octanol–water partition coefficient (Wildman–Crippen LogP) is 2.52. The second-order valence-corrected chi connectivity index (χ2v) is 6.98. The van der Waals surface area contributed by atoms with Gasteiger partial charge in [-0.25, -0.2) is 0 Å². The lowest BCUT2D eigenvalue weighted by atomic mass is 9.89. The second kappa shape index (κ2) is 8.28. The zero-order chi connectivity index (χ0) is 19.4. The molecule has 1 heterocycles. The fourth-order valence-electron chi connectivity index (χ4n) is 3.76. The average Bonchev–Trinajstić information content (AvgIpc) is 3.06. The molecule has 1 amide bonds. The summed E-state index contributed by atoms with van der Waals surface area (Å²) in [6, 6.07) is 14.9. The summed E-state index contributed by atoms with van der Waals surface area (Å²) in [6.45, 7) is 3.97. The third-order valence-corrected chi connectivity index (χ3v) is 5.13. The van der Waals surface area contributed by atoms with Gasteiger partial charge in [0, 0.05) is 25.1 Å². The number of carbonyl (C=O) groups excluding carboxylic acids is 1. The molecule has 1 saturated heterocycles. The first-order chi connectivity index (χ1) is 13.0. The highest BCUT2D eigenvalue weighted by Crippen LogP contribution is 2.32. The third-order valence-electron chi connectivity index (χ3n) is 5.13. The van der Waals surface area contributed by atoms with Crippen LogP contribution in [0.3, 0.4) is 0 Å². The van der Waals surface area contributed by atoms with Gasteiger partial charge in [0.15, 0.2) is 0 Å². The summed E-state index contributed by atoms with van der Waals surface area (Å²) in [5.74, 6) is 0.321. The topological polar surface area (TPSA) is 102 Å². The van der Waals surface area contributed by atoms with Crippen LogP contribution in [0.4, 0.5) is 11.4 Å². The number of anilines is 1. The number of para-hydroxylation sites is 1. The number of hydrogen-bond acceptors (Lipinski definition) is 5. The van der Waals surface area contributed by atoms with Gasteiger partial charge in [-0.1, -0.05) is 42.5 Å². The Morgan fingerprint density at radius 1 is 1.22 bits per heavy atom. The largest absolute Gasteiger partial charge is 0.330 e. The Kier molecular flexibility index (Phi) is 5.83. The molecule has 0 bridgehead atoms. The molecule has 2 aromatic rings. The normalized spacial score (nSPS) is 19.8. The lowest BCUT2D eigenvalue weighted by Crippen LogP contribution is -2.32. The monoisotopic (exact) mass is 368 g/mol. The number of nitrogens with two attached hydrogens (primary N) is 1. The standard InChI is InChI=1S/C20H24N4O3/c1-14-6-5-9-18(24(26)27)20(14)22-19(25)13-23-11-16(10-21)17(12-23)15-7-3-2-4-8-15/h2-9,16-17H,10-13,21H2,1H3,(H,22,25)/t16-,17+/m1/s1. The molecule has 0 unspecified atom stereocenters. The number of hydrogen-bond donors (Lipinski definition) is 2. The number of benzene rings is 2. The molecule has 1 aliphatic rings. The zero-order valence-electron chi connectivity index (χ0n) is 15.3. The van der Waals surface area contributed by atoms with Crippen LogP contribution in [0.1, 0.15) is 17.0 Å². The molecule has 0 aliphatic carbocycles. The first-order valence-electron chi connectivity index (χ1n) is 9.00. The van der Waals surface area contributed by atoms with E-state index in [-0.39, 0.29) is 35.7 Å². The van der Waals surface area contributed by atoms with E-state index in [0.29, 0.717) is 12.1 Å². The Morgan fingerprint density at radius 3 is 2.63 bits per heavy atom. The van der Waals surface area contributed by atoms with Crippen LogP contribution in [0.25, 0.3) is 0 Å². The molecule has 0 radical (unpaired) electrons. The molecule has 2 atom stereocenters. The number of aryl methyl sites for hydroxylation is 1. The summed E-state index contributed by atoms with van der Waals surface area (Å²) in [7, 11) is 0. The number of nitrogens with zero attached hydrogens (tertiary/aromatic N) is 2. The molecule has 1 fully saturated rings. The molecular weight excluding hydrogens is 344 g/mol. The maximum atomic E-state index is 12.5. The van der Waals surface area contributed by atoms with E-state index in [9.17, 15) is 14.9 Å². The Balaban J connectivity index is 1.68. The van der Waals surface area contributed by atoms with Crippen LogP contribution in [0, 0.1) is 23.0 Å². The van der Waals surface area contributed by atoms with Crippen molar-refractivity contribution in [3.63, 3.8) is 0 Å². The minimum atomic E-state index is -0.478. The van der Waals surface area contributed by atoms with E-state index in [1.807, 2.05) is 18.2 Å². The van der Waals surface area contributed by atoms with Crippen LogP contribution in [-0.2, 0) is 4.79 Å². The molecule has 0 saturated carbocycles. The fourth-order valence-corrected chi connectivity index (χ4v) is 3.76. The zero-order valence-corrected chi connectivity index (χ0v) is 15.3. The van der Waals surface area contributed by atoms with E-state index >= 15 is 0 Å². The quantitative estimate of drug-likeness (QED) is 0.603. The van der Waals surface area contributed by atoms with Crippen LogP contribution in [0.2, 0.25) is 0 Å². The first kappa shape index (κ1) is 19.0. The van der Waals surface area contributed by atoms with Gasteiger partial charge in [0.2, 0.25) is 5.91 Å². The average molecular weight is 368 g/mol. The van der Waals surface area contributed by atoms with Crippen LogP contribution >= 0.6 is 0 Å². The van der Waals surface area contributed by atoms with Gasteiger partial charge in [-0.3, -0.25) is 19.8 Å². The lowest BCUT2D eigenvalue weighted by molar-refractivity contribution is -0.384. The van der Waals surface area contributed by atoms with Crippen LogP contribution < -0.4 is 11.1 Å². The van der Waals surface area contributed by atoms with Crippen LogP contribution in [0.15, 0.2) is 48.5 Å². The molecule has 0 spiro atoms. The molecule has 7 nitrogen and oxygen atoms in total. The van der Waals surface area contributed by atoms with Gasteiger partial charge < -0.3 is 11.1 Å². The summed E-state index contributed by atoms with van der Waals surface area (Å²) >= 11 is 0. The van der Waals surface area contributed by atoms with Crippen LogP contribution in [0.5, 0.6) is 0 Å². The molecule has 27 heavy (non-hydrogen) atoms. The van der Waals surface area contributed by atoms with E-state index in [1.54, 1.807) is 19.1 Å². The number of likely N-dealkylation sites (tertiary alicyclic amines) is 1. The SMILES string of the molecule is Cc1cccc([N+](=O)[O-])c1NC(=O)CN1C[C@@H](CN)[C@H](c2ccccc2)C1. The highest BCUT2D eigenvalue weighted by Gasteiger charge is 2.33. The predicted molar refractivity (Wildman–Crippen MR) is 105 cm³/mol. The first-order valence-corrected chi connectivity index (χ1v) is 9.00. The number of nitro benzene ring substituents is 1. The van der Waals surface area contributed by atoms with E-state index in [4.69, 9.17) is 5.73 Å². The summed E-state index contributed by atoms with van der Waals surface area (Å²) in [6.07, 6.45) is 0. The summed E-state index contributed by atoms with van der Waals surface area (Å²) in [4.78, 5) is 25.3. The van der Waals surface area contributed by atoms with Crippen molar-refractivity contribution in [2.75, 3.05) is 31.5 Å². The number of nitro groups is 1. The third kappa shape index (κ3) is 4.32. The molecule has 2 aromatic carbocycles. The molecule has 7 heteroatoms. The molecule has 1 aliphatic heterocycles. The molecular formula is C20H24N4O3. The minimum Gasteiger partial charge on any atom is -0.330 e. The summed E-state index contributed by atoms with van der Waals surface area (Å²) < 4.78 is 0. The van der Waals surface area contributed by atoms with Crippen molar-refractivity contribution in [1.29, 1.82) is 0 Å². The molecule has 142 valence electrons. The van der Waals surface area contributed by atoms with E-state index in [1.165, 1.54) is 11.6 Å². The van der Waals surface area contributed by atoms with Crippen molar-refractivity contribution in [2.45, 2.75) is 12.8 Å². The second-order valence-electron chi connectivity index (χ2n) is 6.98. The van der Waals surface area contributed by atoms with Gasteiger partial charge in [-0.2, -0.15) is 0 Å². The number of rotatable bonds is 6. The van der Waals surface area contributed by atoms with Gasteiger partial charge in [0.25, 0.3) is 5.69 Å². The minimum absolute atomic E-state index is 0.0910. The van der Waals surface area contributed by atoms with Gasteiger partial charge in [0.05, 0.1) is 11.5 Å². The molecule has 0 aromatic heterocycles. The summed E-state index contributed by atoms with van der Waals surface area (Å²) in [5, 5.41) is 13.9. The summed E-state index contributed by atoms with van der Waals surface area (Å²) in [5.41, 5.74) is 8.02. The Hall–Kier alpha value is -2.77. The van der Waals surface area contributed by atoms with Crippen LogP contribution in [-0.4, -0.2) is 41.9 Å². The Morgan fingerprint density at radius 2 is 1.96 bits per heavy atom. The van der Waals surface area contributed by atoms with Crippen molar-refractivity contribution in [3.8, 4) is 0 Å². The van der Waals surface area contributed by atoms with Crippen molar-refractivity contribution in [3.05, 3.63) is 69.8 Å². The maximum absolute atomic E-state index is 12.5. The Bertz CT molecular complexity index is 825. The van der Waals surface area contributed by atoms with E-state index < -0.39 is 4.92 Å². The smallest absolute Gasteiger partial charge is 0.293 e. The Labute approximate surface area is 158 Å². The van der Waals surface area contributed by atoms with E-state index in [0.717, 1.165) is 13.1 Å². The highest BCUT2D eigenvalue weighted by molar-refractivity contribution is 5.95. The van der Waals surface area contributed by atoms with E-state index in [2.05, 4.69) is 22.3 Å². The van der Waals surface area contributed by atoms with Gasteiger partial charge >= 0.3 is 0 Å². The van der Waals surface area contributed by atoms with Crippen molar-refractivity contribution >= 4 is 17.3 Å². The number of amides is 1. The fraction of sp³-hybridized carbons (Fsp3) is 0.350. The lowest BCUT2D eigenvalue weighted by Gasteiger charge is -2.17.